The van der Waals surface area contributed by atoms with Crippen LogP contribution in [0.1, 0.15) is 30.3 Å². The van der Waals surface area contributed by atoms with Gasteiger partial charge in [-0.2, -0.15) is 9.78 Å². The Labute approximate surface area is 156 Å². The summed E-state index contributed by atoms with van der Waals surface area (Å²) in [5.74, 6) is -1.19. The van der Waals surface area contributed by atoms with E-state index in [-0.39, 0.29) is 35.8 Å². The minimum atomic E-state index is -0.850. The molecule has 0 aliphatic heterocycles. The molecule has 0 bridgehead atoms. The van der Waals surface area contributed by atoms with Gasteiger partial charge < -0.3 is 10.4 Å². The van der Waals surface area contributed by atoms with Crippen molar-refractivity contribution in [2.45, 2.75) is 31.8 Å². The topological polar surface area (TPSA) is 105 Å². The van der Waals surface area contributed by atoms with Gasteiger partial charge in [0.25, 0.3) is 11.5 Å². The van der Waals surface area contributed by atoms with Crippen LogP contribution in [-0.2, 0) is 4.79 Å². The van der Waals surface area contributed by atoms with Crippen LogP contribution in [0.5, 0.6) is 0 Å². The summed E-state index contributed by atoms with van der Waals surface area (Å²) in [6.45, 7) is 2.58. The number of nitrogens with one attached hydrogen (secondary N) is 1. The molecule has 1 heterocycles. The molecule has 142 valence electrons. The molecule has 1 aliphatic carbocycles. The van der Waals surface area contributed by atoms with E-state index >= 15 is 0 Å². The van der Waals surface area contributed by atoms with Crippen LogP contribution >= 0.6 is 0 Å². The molecule has 0 radical (unpaired) electrons. The number of likely N-dealkylation sites (N-methyl/N-ethyl adjacent to an activating group) is 1. The summed E-state index contributed by atoms with van der Waals surface area (Å²) in [6.07, 6.45) is 1.40. The SMILES string of the molecule is CCN(CC(=O)O)C1CC(NC(=O)c2ccc(=O)n(-c3ccccc3)n2)C1. The quantitative estimate of drug-likeness (QED) is 0.750. The second kappa shape index (κ2) is 8.13. The highest BCUT2D eigenvalue weighted by Crippen LogP contribution is 2.25. The number of aromatic nitrogens is 2. The number of aliphatic carboxylic acids is 1. The highest BCUT2D eigenvalue weighted by molar-refractivity contribution is 5.92. The second-order valence-electron chi connectivity index (χ2n) is 6.56. The van der Waals surface area contributed by atoms with Crippen molar-refractivity contribution in [3.8, 4) is 5.69 Å². The van der Waals surface area contributed by atoms with Crippen molar-refractivity contribution < 1.29 is 14.7 Å². The molecule has 0 unspecified atom stereocenters. The Hall–Kier alpha value is -3.00. The van der Waals surface area contributed by atoms with Crippen molar-refractivity contribution in [3.63, 3.8) is 0 Å². The van der Waals surface area contributed by atoms with E-state index in [1.807, 2.05) is 17.9 Å². The smallest absolute Gasteiger partial charge is 0.317 e. The van der Waals surface area contributed by atoms with Crippen LogP contribution in [0.4, 0.5) is 0 Å². The average Bonchev–Trinajstić information content (AvgIpc) is 2.63. The fourth-order valence-electron chi connectivity index (χ4n) is 3.22. The lowest BCUT2D eigenvalue weighted by atomic mass is 9.85. The molecule has 1 aromatic carbocycles. The first-order valence-corrected chi connectivity index (χ1v) is 8.90. The molecule has 0 spiro atoms. The zero-order valence-electron chi connectivity index (χ0n) is 15.0. The van der Waals surface area contributed by atoms with Crippen molar-refractivity contribution in [3.05, 3.63) is 58.5 Å². The molecular weight excluding hydrogens is 348 g/mol. The number of carbonyl (C=O) groups is 2. The van der Waals surface area contributed by atoms with Gasteiger partial charge in [0.2, 0.25) is 0 Å². The van der Waals surface area contributed by atoms with Crippen molar-refractivity contribution in [1.29, 1.82) is 0 Å². The Morgan fingerprint density at radius 1 is 1.22 bits per heavy atom. The van der Waals surface area contributed by atoms with Gasteiger partial charge >= 0.3 is 5.97 Å². The van der Waals surface area contributed by atoms with Crippen molar-refractivity contribution >= 4 is 11.9 Å². The van der Waals surface area contributed by atoms with E-state index in [0.29, 0.717) is 25.1 Å². The van der Waals surface area contributed by atoms with E-state index in [2.05, 4.69) is 10.4 Å². The summed E-state index contributed by atoms with van der Waals surface area (Å²) in [4.78, 5) is 37.3. The number of rotatable bonds is 7. The first-order chi connectivity index (χ1) is 13.0. The monoisotopic (exact) mass is 370 g/mol. The zero-order chi connectivity index (χ0) is 19.4. The zero-order valence-corrected chi connectivity index (χ0v) is 15.0. The number of hydrogen-bond acceptors (Lipinski definition) is 5. The van der Waals surface area contributed by atoms with Crippen LogP contribution in [0, 0.1) is 0 Å². The van der Waals surface area contributed by atoms with Gasteiger partial charge in [-0.1, -0.05) is 25.1 Å². The van der Waals surface area contributed by atoms with Gasteiger partial charge in [0.1, 0.15) is 5.69 Å². The number of nitrogens with zero attached hydrogens (tertiary/aromatic N) is 3. The van der Waals surface area contributed by atoms with Crippen LogP contribution in [0.25, 0.3) is 5.69 Å². The second-order valence-corrected chi connectivity index (χ2v) is 6.56. The van der Waals surface area contributed by atoms with Crippen molar-refractivity contribution in [2.24, 2.45) is 0 Å². The van der Waals surface area contributed by atoms with Crippen LogP contribution in [0.3, 0.4) is 0 Å². The molecule has 2 aromatic rings. The standard InChI is InChI=1S/C19H22N4O4/c1-2-22(12-18(25)26)15-10-13(11-15)20-19(27)16-8-9-17(24)23(21-16)14-6-4-3-5-7-14/h3-9,13,15H,2,10-12H2,1H3,(H,20,27)(H,25,26). The Morgan fingerprint density at radius 3 is 2.56 bits per heavy atom. The Kier molecular flexibility index (Phi) is 5.66. The van der Waals surface area contributed by atoms with E-state index in [1.54, 1.807) is 24.3 Å². The molecule has 1 saturated carbocycles. The molecular formula is C19H22N4O4. The molecule has 0 atom stereocenters. The predicted octanol–water partition coefficient (Wildman–Crippen LogP) is 0.900. The molecule has 1 aliphatic rings. The maximum Gasteiger partial charge on any atom is 0.317 e. The van der Waals surface area contributed by atoms with Gasteiger partial charge in [0.05, 0.1) is 12.2 Å². The summed E-state index contributed by atoms with van der Waals surface area (Å²) < 4.78 is 1.20. The van der Waals surface area contributed by atoms with E-state index < -0.39 is 5.97 Å². The largest absolute Gasteiger partial charge is 0.480 e. The number of carbonyl (C=O) groups excluding carboxylic acids is 1. The fourth-order valence-corrected chi connectivity index (χ4v) is 3.22. The van der Waals surface area contributed by atoms with Crippen LogP contribution < -0.4 is 10.9 Å². The van der Waals surface area contributed by atoms with Gasteiger partial charge in [0.15, 0.2) is 0 Å². The third-order valence-corrected chi connectivity index (χ3v) is 4.74. The van der Waals surface area contributed by atoms with E-state index in [1.165, 1.54) is 16.8 Å². The molecule has 8 nitrogen and oxygen atoms in total. The fraction of sp³-hybridized carbons (Fsp3) is 0.368. The minimum absolute atomic E-state index is 0.00538. The number of benzene rings is 1. The number of amides is 1. The first kappa shape index (κ1) is 18.8. The number of carboxylic acid groups (broad SMARTS) is 1. The number of hydrogen-bond donors (Lipinski definition) is 2. The van der Waals surface area contributed by atoms with E-state index in [0.717, 1.165) is 0 Å². The third kappa shape index (κ3) is 4.40. The van der Waals surface area contributed by atoms with E-state index in [4.69, 9.17) is 5.11 Å². The minimum Gasteiger partial charge on any atom is -0.480 e. The Bertz CT molecular complexity index is 875. The molecule has 0 saturated heterocycles. The highest BCUT2D eigenvalue weighted by atomic mass is 16.4. The molecule has 1 fully saturated rings. The van der Waals surface area contributed by atoms with Crippen LogP contribution in [0.2, 0.25) is 0 Å². The van der Waals surface area contributed by atoms with Gasteiger partial charge in [-0.15, -0.1) is 0 Å². The molecule has 27 heavy (non-hydrogen) atoms. The predicted molar refractivity (Wildman–Crippen MR) is 99.0 cm³/mol. The summed E-state index contributed by atoms with van der Waals surface area (Å²) >= 11 is 0. The Balaban J connectivity index is 1.63. The normalized spacial score (nSPS) is 18.7. The lowest BCUT2D eigenvalue weighted by Crippen LogP contribution is -2.55. The van der Waals surface area contributed by atoms with Crippen LogP contribution in [0.15, 0.2) is 47.3 Å². The summed E-state index contributed by atoms with van der Waals surface area (Å²) in [6, 6.07) is 11.8. The van der Waals surface area contributed by atoms with Crippen LogP contribution in [-0.4, -0.2) is 56.8 Å². The first-order valence-electron chi connectivity index (χ1n) is 8.90. The lowest BCUT2D eigenvalue weighted by Gasteiger charge is -2.42. The van der Waals surface area contributed by atoms with Gasteiger partial charge in [-0.25, -0.2) is 0 Å². The molecule has 1 aromatic heterocycles. The maximum absolute atomic E-state index is 12.5. The number of para-hydroxylation sites is 1. The van der Waals surface area contributed by atoms with Crippen molar-refractivity contribution in [1.82, 2.24) is 20.0 Å². The number of carboxylic acids is 1. The van der Waals surface area contributed by atoms with Crippen molar-refractivity contribution in [2.75, 3.05) is 13.1 Å². The molecule has 8 heteroatoms. The Morgan fingerprint density at radius 2 is 1.93 bits per heavy atom. The average molecular weight is 370 g/mol. The van der Waals surface area contributed by atoms with Gasteiger partial charge in [0, 0.05) is 18.2 Å². The van der Waals surface area contributed by atoms with E-state index in [9.17, 15) is 14.4 Å². The third-order valence-electron chi connectivity index (χ3n) is 4.74. The highest BCUT2D eigenvalue weighted by Gasteiger charge is 2.35. The maximum atomic E-state index is 12.5. The van der Waals surface area contributed by atoms with Gasteiger partial charge in [-0.05, 0) is 37.6 Å². The molecule has 3 rings (SSSR count). The molecule has 2 N–H and O–H groups in total. The lowest BCUT2D eigenvalue weighted by molar-refractivity contribution is -0.139. The molecule has 1 amide bonds. The summed E-state index contributed by atoms with van der Waals surface area (Å²) in [5, 5.41) is 16.0. The van der Waals surface area contributed by atoms with Gasteiger partial charge in [-0.3, -0.25) is 19.3 Å². The summed E-state index contributed by atoms with van der Waals surface area (Å²) in [7, 11) is 0. The summed E-state index contributed by atoms with van der Waals surface area (Å²) in [5.41, 5.74) is 0.446.